The molecule has 0 spiro atoms. The average molecular weight is 367 g/mol. The molecule has 140 valence electrons. The fraction of sp³-hybridized carbons (Fsp3) is 0.238. The van der Waals surface area contributed by atoms with Crippen LogP contribution < -0.4 is 14.2 Å². The predicted molar refractivity (Wildman–Crippen MR) is 102 cm³/mol. The second-order valence-electron chi connectivity index (χ2n) is 5.80. The summed E-state index contributed by atoms with van der Waals surface area (Å²) in [6, 6.07) is 12.7. The van der Waals surface area contributed by atoms with Gasteiger partial charge >= 0.3 is 5.97 Å². The number of ether oxygens (including phenoxy) is 4. The van der Waals surface area contributed by atoms with Crippen LogP contribution in [0.2, 0.25) is 0 Å². The second kappa shape index (κ2) is 8.40. The first kappa shape index (κ1) is 18.5. The Labute approximate surface area is 158 Å². The minimum Gasteiger partial charge on any atom is -0.496 e. The van der Waals surface area contributed by atoms with Crippen molar-refractivity contribution >= 4 is 17.9 Å². The average Bonchev–Trinajstić information content (AvgIpc) is 3.06. The van der Waals surface area contributed by atoms with Gasteiger partial charge in [0, 0.05) is 0 Å². The third kappa shape index (κ3) is 4.11. The predicted octanol–water partition coefficient (Wildman–Crippen LogP) is 3.84. The normalized spacial score (nSPS) is 14.7. The van der Waals surface area contributed by atoms with Crippen molar-refractivity contribution < 1.29 is 23.7 Å². The van der Waals surface area contributed by atoms with E-state index in [1.807, 2.05) is 31.2 Å². The minimum absolute atomic E-state index is 0.211. The van der Waals surface area contributed by atoms with Gasteiger partial charge in [-0.1, -0.05) is 25.1 Å². The second-order valence-corrected chi connectivity index (χ2v) is 5.80. The summed E-state index contributed by atoms with van der Waals surface area (Å²) in [6.45, 7) is 2.61. The number of methoxy groups -OCH3 is 2. The molecule has 2 aromatic rings. The molecule has 1 aliphatic heterocycles. The van der Waals surface area contributed by atoms with Gasteiger partial charge in [-0.05, 0) is 42.3 Å². The van der Waals surface area contributed by atoms with Crippen molar-refractivity contribution in [3.63, 3.8) is 0 Å². The first-order valence-corrected chi connectivity index (χ1v) is 8.63. The topological polar surface area (TPSA) is 66.3 Å². The Kier molecular flexibility index (Phi) is 5.76. The van der Waals surface area contributed by atoms with Crippen LogP contribution in [-0.2, 0) is 9.53 Å². The number of cyclic esters (lactones) is 1. The van der Waals surface area contributed by atoms with Gasteiger partial charge in [-0.25, -0.2) is 9.79 Å². The lowest BCUT2D eigenvalue weighted by Gasteiger charge is -2.10. The third-order valence-electron chi connectivity index (χ3n) is 3.91. The number of hydrogen-bond acceptors (Lipinski definition) is 6. The van der Waals surface area contributed by atoms with Crippen LogP contribution in [0.1, 0.15) is 24.5 Å². The molecule has 0 bridgehead atoms. The number of nitrogens with zero attached hydrogens (tertiary/aromatic N) is 1. The quantitative estimate of drug-likeness (QED) is 0.549. The summed E-state index contributed by atoms with van der Waals surface area (Å²) in [5, 5.41) is 0. The fourth-order valence-electron chi connectivity index (χ4n) is 2.61. The Morgan fingerprint density at radius 2 is 1.81 bits per heavy atom. The smallest absolute Gasteiger partial charge is 0.363 e. The van der Waals surface area contributed by atoms with Gasteiger partial charge in [0.1, 0.15) is 5.75 Å². The third-order valence-corrected chi connectivity index (χ3v) is 3.91. The first-order chi connectivity index (χ1) is 13.2. The van der Waals surface area contributed by atoms with Crippen LogP contribution in [-0.4, -0.2) is 32.7 Å². The highest BCUT2D eigenvalue weighted by molar-refractivity contribution is 6.13. The zero-order chi connectivity index (χ0) is 19.2. The molecule has 0 unspecified atom stereocenters. The molecular formula is C21H21NO5. The maximum atomic E-state index is 12.2. The molecule has 0 aromatic heterocycles. The van der Waals surface area contributed by atoms with Gasteiger partial charge in [-0.15, -0.1) is 0 Å². The Morgan fingerprint density at radius 1 is 1.04 bits per heavy atom. The van der Waals surface area contributed by atoms with E-state index in [4.69, 9.17) is 18.9 Å². The molecule has 1 heterocycles. The van der Waals surface area contributed by atoms with E-state index in [-0.39, 0.29) is 11.6 Å². The van der Waals surface area contributed by atoms with E-state index >= 15 is 0 Å². The molecule has 0 atom stereocenters. The van der Waals surface area contributed by atoms with E-state index < -0.39 is 5.97 Å². The molecular weight excluding hydrogens is 346 g/mol. The molecule has 0 saturated carbocycles. The van der Waals surface area contributed by atoms with Crippen molar-refractivity contribution in [3.05, 3.63) is 59.3 Å². The van der Waals surface area contributed by atoms with Crippen molar-refractivity contribution in [1.82, 2.24) is 0 Å². The Morgan fingerprint density at radius 3 is 2.56 bits per heavy atom. The highest BCUT2D eigenvalue weighted by atomic mass is 16.6. The van der Waals surface area contributed by atoms with Crippen LogP contribution in [0, 0.1) is 0 Å². The Balaban J connectivity index is 1.92. The first-order valence-electron chi connectivity index (χ1n) is 8.63. The largest absolute Gasteiger partial charge is 0.496 e. The number of aliphatic imine (C=N–C) groups is 1. The summed E-state index contributed by atoms with van der Waals surface area (Å²) >= 11 is 0. The summed E-state index contributed by atoms with van der Waals surface area (Å²) in [5.74, 6) is 1.55. The van der Waals surface area contributed by atoms with Gasteiger partial charge in [0.15, 0.2) is 17.2 Å². The number of carbonyl (C=O) groups excluding carboxylic acids is 1. The molecule has 0 N–H and O–H groups in total. The monoisotopic (exact) mass is 367 g/mol. The Hall–Kier alpha value is -3.28. The zero-order valence-corrected chi connectivity index (χ0v) is 15.5. The van der Waals surface area contributed by atoms with Crippen molar-refractivity contribution in [2.75, 3.05) is 20.8 Å². The molecule has 0 radical (unpaired) electrons. The van der Waals surface area contributed by atoms with Gasteiger partial charge in [-0.2, -0.15) is 0 Å². The molecule has 0 amide bonds. The molecule has 6 nitrogen and oxygen atoms in total. The fourth-order valence-corrected chi connectivity index (χ4v) is 2.61. The number of para-hydroxylation sites is 1. The van der Waals surface area contributed by atoms with E-state index in [9.17, 15) is 4.79 Å². The van der Waals surface area contributed by atoms with Crippen molar-refractivity contribution in [2.24, 2.45) is 4.99 Å². The van der Waals surface area contributed by atoms with Gasteiger partial charge in [0.05, 0.1) is 26.4 Å². The molecule has 2 aromatic carbocycles. The van der Waals surface area contributed by atoms with E-state index in [1.54, 1.807) is 38.5 Å². The lowest BCUT2D eigenvalue weighted by Crippen LogP contribution is -2.06. The van der Waals surface area contributed by atoms with Crippen LogP contribution in [0.4, 0.5) is 0 Å². The van der Waals surface area contributed by atoms with Crippen molar-refractivity contribution in [1.29, 1.82) is 0 Å². The minimum atomic E-state index is -0.511. The summed E-state index contributed by atoms with van der Waals surface area (Å²) in [5.41, 5.74) is 1.60. The van der Waals surface area contributed by atoms with Crippen molar-refractivity contribution in [2.45, 2.75) is 13.3 Å². The van der Waals surface area contributed by atoms with E-state index in [0.717, 1.165) is 12.0 Å². The SMILES string of the molecule is CCCOc1cc(/C=C2\N=C(c3ccccc3OC)OC2=O)ccc1OC. The van der Waals surface area contributed by atoms with Crippen LogP contribution >= 0.6 is 0 Å². The van der Waals surface area contributed by atoms with Crippen LogP contribution in [0.5, 0.6) is 17.2 Å². The molecule has 0 aliphatic carbocycles. The number of benzene rings is 2. The van der Waals surface area contributed by atoms with Crippen LogP contribution in [0.25, 0.3) is 6.08 Å². The van der Waals surface area contributed by atoms with Crippen LogP contribution in [0.3, 0.4) is 0 Å². The van der Waals surface area contributed by atoms with Crippen molar-refractivity contribution in [3.8, 4) is 17.2 Å². The van der Waals surface area contributed by atoms with Gasteiger partial charge in [0.2, 0.25) is 5.90 Å². The molecule has 0 fully saturated rings. The van der Waals surface area contributed by atoms with E-state index in [0.29, 0.717) is 29.4 Å². The highest BCUT2D eigenvalue weighted by Gasteiger charge is 2.26. The number of rotatable bonds is 7. The van der Waals surface area contributed by atoms with Crippen LogP contribution in [0.15, 0.2) is 53.2 Å². The van der Waals surface area contributed by atoms with E-state index in [1.165, 1.54) is 0 Å². The van der Waals surface area contributed by atoms with Gasteiger partial charge in [0.25, 0.3) is 0 Å². The highest BCUT2D eigenvalue weighted by Crippen LogP contribution is 2.30. The molecule has 1 aliphatic rings. The molecule has 6 heteroatoms. The zero-order valence-electron chi connectivity index (χ0n) is 15.5. The van der Waals surface area contributed by atoms with Gasteiger partial charge < -0.3 is 18.9 Å². The Bertz CT molecular complexity index is 901. The molecule has 0 saturated heterocycles. The van der Waals surface area contributed by atoms with E-state index in [2.05, 4.69) is 4.99 Å². The summed E-state index contributed by atoms with van der Waals surface area (Å²) in [7, 11) is 3.15. The number of hydrogen-bond donors (Lipinski definition) is 0. The standard InChI is InChI=1S/C21H21NO5/c1-4-11-26-19-13-14(9-10-18(19)25-3)12-16-21(23)27-20(22-16)15-7-5-6-8-17(15)24-2/h5-10,12-13H,4,11H2,1-3H3/b16-12-. The maximum Gasteiger partial charge on any atom is 0.363 e. The summed E-state index contributed by atoms with van der Waals surface area (Å²) in [4.78, 5) is 16.6. The summed E-state index contributed by atoms with van der Waals surface area (Å²) < 4.78 is 21.6. The number of esters is 1. The summed E-state index contributed by atoms with van der Waals surface area (Å²) in [6.07, 6.45) is 2.54. The lowest BCUT2D eigenvalue weighted by atomic mass is 10.1. The van der Waals surface area contributed by atoms with Gasteiger partial charge in [-0.3, -0.25) is 0 Å². The molecule has 3 rings (SSSR count). The maximum absolute atomic E-state index is 12.2. The number of carbonyl (C=O) groups is 1. The lowest BCUT2D eigenvalue weighted by molar-refractivity contribution is -0.129. The molecule has 27 heavy (non-hydrogen) atoms.